The Bertz CT molecular complexity index is 1160. The molecule has 2 aromatic carbocycles. The zero-order chi connectivity index (χ0) is 21.8. The highest BCUT2D eigenvalue weighted by atomic mass is 16.5. The van der Waals surface area contributed by atoms with Gasteiger partial charge in [0.15, 0.2) is 11.5 Å². The van der Waals surface area contributed by atoms with Gasteiger partial charge < -0.3 is 13.8 Å². The minimum Gasteiger partial charge on any atom is -0.467 e. The van der Waals surface area contributed by atoms with Gasteiger partial charge in [-0.1, -0.05) is 48.5 Å². The van der Waals surface area contributed by atoms with Crippen LogP contribution < -0.4 is 0 Å². The molecule has 2 aromatic heterocycles. The van der Waals surface area contributed by atoms with E-state index in [9.17, 15) is 4.79 Å². The van der Waals surface area contributed by atoms with Gasteiger partial charge in [0.05, 0.1) is 12.8 Å². The van der Waals surface area contributed by atoms with E-state index in [0.29, 0.717) is 18.8 Å². The van der Waals surface area contributed by atoms with Gasteiger partial charge in [-0.25, -0.2) is 0 Å². The molecule has 0 fully saturated rings. The normalized spacial score (nSPS) is 10.9. The number of carbonyl (C=O) groups excluding carboxylic acids is 1. The molecular formula is C26H26N2O3. The van der Waals surface area contributed by atoms with Crippen LogP contribution in [0, 0.1) is 13.8 Å². The van der Waals surface area contributed by atoms with Gasteiger partial charge >= 0.3 is 0 Å². The molecule has 2 heterocycles. The van der Waals surface area contributed by atoms with Crippen molar-refractivity contribution in [1.82, 2.24) is 10.1 Å². The zero-order valence-corrected chi connectivity index (χ0v) is 18.1. The maximum Gasteiger partial charge on any atom is 0.276 e. The van der Waals surface area contributed by atoms with Crippen molar-refractivity contribution < 1.29 is 13.7 Å². The summed E-state index contributed by atoms with van der Waals surface area (Å²) in [6.45, 7) is 7.05. The maximum atomic E-state index is 13.3. The lowest BCUT2D eigenvalue weighted by Gasteiger charge is -2.21. The topological polar surface area (TPSA) is 59.5 Å². The smallest absolute Gasteiger partial charge is 0.276 e. The number of hydrogen-bond acceptors (Lipinski definition) is 4. The summed E-state index contributed by atoms with van der Waals surface area (Å²) in [5, 5.41) is 4.07. The van der Waals surface area contributed by atoms with Crippen molar-refractivity contribution in [3.8, 4) is 11.3 Å². The number of rotatable bonds is 7. The van der Waals surface area contributed by atoms with Gasteiger partial charge in [-0.15, -0.1) is 0 Å². The molecule has 4 aromatic rings. The molecular weight excluding hydrogens is 388 g/mol. The lowest BCUT2D eigenvalue weighted by atomic mass is 10.0. The van der Waals surface area contributed by atoms with E-state index >= 15 is 0 Å². The Morgan fingerprint density at radius 3 is 2.39 bits per heavy atom. The summed E-state index contributed by atoms with van der Waals surface area (Å²) in [5.74, 6) is 1.10. The largest absolute Gasteiger partial charge is 0.467 e. The second-order valence-electron chi connectivity index (χ2n) is 7.79. The van der Waals surface area contributed by atoms with Crippen molar-refractivity contribution in [1.29, 1.82) is 0 Å². The summed E-state index contributed by atoms with van der Waals surface area (Å²) in [4.78, 5) is 15.1. The Morgan fingerprint density at radius 1 is 0.935 bits per heavy atom. The van der Waals surface area contributed by atoms with Gasteiger partial charge in [-0.05, 0) is 60.7 Å². The molecule has 4 rings (SSSR count). The molecule has 0 bridgehead atoms. The van der Waals surface area contributed by atoms with Gasteiger partial charge in [0.2, 0.25) is 0 Å². The van der Waals surface area contributed by atoms with E-state index in [1.54, 1.807) is 17.2 Å². The van der Waals surface area contributed by atoms with Crippen molar-refractivity contribution in [2.75, 3.05) is 0 Å². The van der Waals surface area contributed by atoms with E-state index in [2.05, 4.69) is 50.2 Å². The van der Waals surface area contributed by atoms with Gasteiger partial charge in [-0.2, -0.15) is 0 Å². The minimum absolute atomic E-state index is 0.199. The molecule has 0 N–H and O–H groups in total. The Kier molecular flexibility index (Phi) is 6.03. The number of benzene rings is 2. The third kappa shape index (κ3) is 4.77. The molecule has 0 aliphatic rings. The molecule has 0 saturated heterocycles. The number of furan rings is 1. The molecule has 0 unspecified atom stereocenters. The lowest BCUT2D eigenvalue weighted by molar-refractivity contribution is 0.0707. The summed E-state index contributed by atoms with van der Waals surface area (Å²) in [6.07, 6.45) is 2.59. The van der Waals surface area contributed by atoms with E-state index in [-0.39, 0.29) is 11.6 Å². The monoisotopic (exact) mass is 414 g/mol. The summed E-state index contributed by atoms with van der Waals surface area (Å²) in [5.41, 5.74) is 5.87. The predicted molar refractivity (Wildman–Crippen MR) is 120 cm³/mol. The quantitative estimate of drug-likeness (QED) is 0.375. The van der Waals surface area contributed by atoms with Crippen LogP contribution in [0.3, 0.4) is 0 Å². The summed E-state index contributed by atoms with van der Waals surface area (Å²) < 4.78 is 11.0. The van der Waals surface area contributed by atoms with Gasteiger partial charge in [0, 0.05) is 18.2 Å². The van der Waals surface area contributed by atoms with E-state index < -0.39 is 0 Å². The van der Waals surface area contributed by atoms with Crippen molar-refractivity contribution >= 4 is 5.91 Å². The van der Waals surface area contributed by atoms with Gasteiger partial charge in [0.25, 0.3) is 5.91 Å². The summed E-state index contributed by atoms with van der Waals surface area (Å²) >= 11 is 0. The minimum atomic E-state index is -0.199. The van der Waals surface area contributed by atoms with Crippen LogP contribution in [0.25, 0.3) is 11.3 Å². The molecule has 0 aliphatic carbocycles. The van der Waals surface area contributed by atoms with E-state index in [1.165, 1.54) is 11.1 Å². The average molecular weight is 415 g/mol. The van der Waals surface area contributed by atoms with Gasteiger partial charge in [-0.3, -0.25) is 4.79 Å². The molecule has 5 heteroatoms. The highest BCUT2D eigenvalue weighted by Gasteiger charge is 2.22. The first kappa shape index (κ1) is 20.7. The molecule has 1 amide bonds. The van der Waals surface area contributed by atoms with Gasteiger partial charge in [0.1, 0.15) is 5.76 Å². The molecule has 0 spiro atoms. The molecule has 0 aliphatic heterocycles. The lowest BCUT2D eigenvalue weighted by Crippen LogP contribution is -2.30. The standard InChI is InChI=1S/C26H26N2O3/c1-4-20-8-10-21(11-9-20)16-28(17-23-6-5-13-30-23)26(29)24-15-25(31-27-24)22-12-7-18(2)19(3)14-22/h5-15H,4,16-17H2,1-3H3. The first-order valence-corrected chi connectivity index (χ1v) is 10.5. The second-order valence-corrected chi connectivity index (χ2v) is 7.79. The SMILES string of the molecule is CCc1ccc(CN(Cc2ccco2)C(=O)c2cc(-c3ccc(C)c(C)c3)on2)cc1. The number of aryl methyl sites for hydroxylation is 3. The predicted octanol–water partition coefficient (Wildman–Crippen LogP) is 5.96. The highest BCUT2D eigenvalue weighted by molar-refractivity contribution is 5.93. The van der Waals surface area contributed by atoms with E-state index in [0.717, 1.165) is 28.9 Å². The molecule has 0 radical (unpaired) electrons. The average Bonchev–Trinajstić information content (AvgIpc) is 3.47. The molecule has 0 saturated carbocycles. The zero-order valence-electron chi connectivity index (χ0n) is 18.1. The van der Waals surface area contributed by atoms with Crippen LogP contribution in [-0.2, 0) is 19.5 Å². The Morgan fingerprint density at radius 2 is 1.71 bits per heavy atom. The summed E-state index contributed by atoms with van der Waals surface area (Å²) in [6, 6.07) is 19.8. The van der Waals surface area contributed by atoms with E-state index in [1.807, 2.05) is 30.3 Å². The van der Waals surface area contributed by atoms with Crippen LogP contribution in [0.15, 0.2) is 75.9 Å². The van der Waals surface area contributed by atoms with Crippen LogP contribution in [0.2, 0.25) is 0 Å². The third-order valence-electron chi connectivity index (χ3n) is 5.54. The molecule has 0 atom stereocenters. The number of aromatic nitrogens is 1. The second kappa shape index (κ2) is 9.04. The van der Waals surface area contributed by atoms with Crippen molar-refractivity contribution in [3.05, 3.63) is 101 Å². The molecule has 5 nitrogen and oxygen atoms in total. The van der Waals surface area contributed by atoms with Crippen molar-refractivity contribution in [2.45, 2.75) is 40.3 Å². The number of hydrogen-bond donors (Lipinski definition) is 0. The summed E-state index contributed by atoms with van der Waals surface area (Å²) in [7, 11) is 0. The molecule has 158 valence electrons. The van der Waals surface area contributed by atoms with Crippen molar-refractivity contribution in [3.63, 3.8) is 0 Å². The highest BCUT2D eigenvalue weighted by Crippen LogP contribution is 2.24. The number of nitrogens with zero attached hydrogens (tertiary/aromatic N) is 2. The van der Waals surface area contributed by atoms with Crippen molar-refractivity contribution in [2.24, 2.45) is 0 Å². The third-order valence-corrected chi connectivity index (χ3v) is 5.54. The maximum absolute atomic E-state index is 13.3. The first-order valence-electron chi connectivity index (χ1n) is 10.5. The van der Waals surface area contributed by atoms with Crippen LogP contribution in [0.4, 0.5) is 0 Å². The number of amides is 1. The van der Waals surface area contributed by atoms with E-state index in [4.69, 9.17) is 8.94 Å². The van der Waals surface area contributed by atoms with Crippen LogP contribution in [0.1, 0.15) is 45.4 Å². The Hall–Kier alpha value is -3.60. The fourth-order valence-corrected chi connectivity index (χ4v) is 3.46. The Labute approximate surface area is 182 Å². The fourth-order valence-electron chi connectivity index (χ4n) is 3.46. The van der Waals surface area contributed by atoms with Crippen LogP contribution in [0.5, 0.6) is 0 Å². The van der Waals surface area contributed by atoms with Crippen LogP contribution in [-0.4, -0.2) is 16.0 Å². The van der Waals surface area contributed by atoms with Crippen LogP contribution >= 0.6 is 0 Å². The molecule has 31 heavy (non-hydrogen) atoms. The fraction of sp³-hybridized carbons (Fsp3) is 0.231. The first-order chi connectivity index (χ1) is 15.0. The number of carbonyl (C=O) groups is 1. The Balaban J connectivity index is 1.58.